The van der Waals surface area contributed by atoms with E-state index in [1.807, 2.05) is 66.4 Å². The van der Waals surface area contributed by atoms with Gasteiger partial charge in [0.15, 0.2) is 0 Å². The smallest absolute Gasteiger partial charge is 0.225 e. The van der Waals surface area contributed by atoms with Gasteiger partial charge in [0.1, 0.15) is 12.4 Å². The Bertz CT molecular complexity index is 774. The number of piperidine rings is 1. The first-order valence-corrected chi connectivity index (χ1v) is 9.97. The molecule has 2 aromatic rings. The van der Waals surface area contributed by atoms with E-state index >= 15 is 0 Å². The van der Waals surface area contributed by atoms with Crippen molar-refractivity contribution in [2.75, 3.05) is 13.1 Å². The van der Waals surface area contributed by atoms with Gasteiger partial charge in [0.25, 0.3) is 0 Å². The summed E-state index contributed by atoms with van der Waals surface area (Å²) in [6, 6.07) is 17.8. The SMILES string of the molecule is CCC(=O)N1CCCC(C(=O)NCc2ccc(OCc3ccccc3)cc2)C1. The fraction of sp³-hybridized carbons (Fsp3) is 0.391. The molecule has 148 valence electrons. The Hall–Kier alpha value is -2.82. The summed E-state index contributed by atoms with van der Waals surface area (Å²) in [7, 11) is 0. The molecule has 5 nitrogen and oxygen atoms in total. The number of ether oxygens (including phenoxy) is 1. The van der Waals surface area contributed by atoms with Gasteiger partial charge < -0.3 is 15.0 Å². The summed E-state index contributed by atoms with van der Waals surface area (Å²) >= 11 is 0. The van der Waals surface area contributed by atoms with Crippen molar-refractivity contribution in [3.8, 4) is 5.75 Å². The summed E-state index contributed by atoms with van der Waals surface area (Å²) in [5.74, 6) is 0.847. The van der Waals surface area contributed by atoms with Gasteiger partial charge >= 0.3 is 0 Å². The molecule has 1 fully saturated rings. The highest BCUT2D eigenvalue weighted by Gasteiger charge is 2.27. The normalized spacial score (nSPS) is 16.5. The van der Waals surface area contributed by atoms with Gasteiger partial charge in [-0.1, -0.05) is 49.4 Å². The number of carbonyl (C=O) groups excluding carboxylic acids is 2. The molecule has 1 heterocycles. The van der Waals surface area contributed by atoms with Crippen LogP contribution in [0.25, 0.3) is 0 Å². The molecule has 1 aliphatic rings. The summed E-state index contributed by atoms with van der Waals surface area (Å²) in [6.07, 6.45) is 2.22. The van der Waals surface area contributed by atoms with E-state index in [9.17, 15) is 9.59 Å². The third-order valence-corrected chi connectivity index (χ3v) is 5.09. The predicted molar refractivity (Wildman–Crippen MR) is 109 cm³/mol. The summed E-state index contributed by atoms with van der Waals surface area (Å²) in [4.78, 5) is 26.2. The standard InChI is InChI=1S/C23H28N2O3/c1-2-22(26)25-14-6-9-20(16-25)23(27)24-15-18-10-12-21(13-11-18)28-17-19-7-4-3-5-8-19/h3-5,7-8,10-13,20H,2,6,9,14-17H2,1H3,(H,24,27). The zero-order valence-electron chi connectivity index (χ0n) is 16.4. The van der Waals surface area contributed by atoms with Crippen molar-refractivity contribution in [2.24, 2.45) is 5.92 Å². The highest BCUT2D eigenvalue weighted by atomic mass is 16.5. The molecule has 1 aliphatic heterocycles. The van der Waals surface area contributed by atoms with Crippen molar-refractivity contribution in [2.45, 2.75) is 39.3 Å². The van der Waals surface area contributed by atoms with Crippen LogP contribution in [0, 0.1) is 5.92 Å². The number of rotatable bonds is 7. The van der Waals surface area contributed by atoms with Gasteiger partial charge in [-0.3, -0.25) is 9.59 Å². The van der Waals surface area contributed by atoms with Crippen LogP contribution < -0.4 is 10.1 Å². The minimum Gasteiger partial charge on any atom is -0.489 e. The van der Waals surface area contributed by atoms with Crippen LogP contribution in [-0.2, 0) is 22.7 Å². The van der Waals surface area contributed by atoms with Gasteiger partial charge in [0, 0.05) is 26.1 Å². The van der Waals surface area contributed by atoms with Crippen molar-refractivity contribution in [1.82, 2.24) is 10.2 Å². The number of nitrogens with zero attached hydrogens (tertiary/aromatic N) is 1. The zero-order valence-corrected chi connectivity index (χ0v) is 16.4. The van der Waals surface area contributed by atoms with Crippen molar-refractivity contribution >= 4 is 11.8 Å². The Kier molecular flexibility index (Phi) is 7.06. The lowest BCUT2D eigenvalue weighted by atomic mass is 9.97. The Balaban J connectivity index is 1.45. The average Bonchev–Trinajstić information content (AvgIpc) is 2.77. The monoisotopic (exact) mass is 380 g/mol. The van der Waals surface area contributed by atoms with Gasteiger partial charge in [-0.05, 0) is 36.1 Å². The minimum absolute atomic E-state index is 0.0259. The lowest BCUT2D eigenvalue weighted by Gasteiger charge is -2.31. The van der Waals surface area contributed by atoms with E-state index in [0.717, 1.165) is 36.3 Å². The number of hydrogen-bond acceptors (Lipinski definition) is 3. The molecule has 0 aromatic heterocycles. The molecule has 0 spiro atoms. The number of likely N-dealkylation sites (tertiary alicyclic amines) is 1. The highest BCUT2D eigenvalue weighted by molar-refractivity contribution is 5.81. The van der Waals surface area contributed by atoms with Crippen LogP contribution in [0.3, 0.4) is 0 Å². The molecule has 28 heavy (non-hydrogen) atoms. The Labute approximate surface area is 166 Å². The van der Waals surface area contributed by atoms with Gasteiger partial charge in [-0.15, -0.1) is 0 Å². The van der Waals surface area contributed by atoms with Crippen LogP contribution in [0.5, 0.6) is 5.75 Å². The van der Waals surface area contributed by atoms with Crippen molar-refractivity contribution in [1.29, 1.82) is 0 Å². The third-order valence-electron chi connectivity index (χ3n) is 5.09. The third kappa shape index (κ3) is 5.59. The summed E-state index contributed by atoms with van der Waals surface area (Å²) in [5.41, 5.74) is 2.15. The lowest BCUT2D eigenvalue weighted by Crippen LogP contribution is -2.45. The van der Waals surface area contributed by atoms with Crippen molar-refractivity contribution < 1.29 is 14.3 Å². The molecule has 1 unspecified atom stereocenters. The van der Waals surface area contributed by atoms with Crippen LogP contribution in [0.4, 0.5) is 0 Å². The van der Waals surface area contributed by atoms with Crippen molar-refractivity contribution in [3.05, 3.63) is 65.7 Å². The molecule has 3 rings (SSSR count). The molecule has 0 aliphatic carbocycles. The summed E-state index contributed by atoms with van der Waals surface area (Å²) in [5, 5.41) is 3.01. The first kappa shape index (κ1) is 19.9. The fourth-order valence-electron chi connectivity index (χ4n) is 3.42. The molecule has 1 atom stereocenters. The average molecular weight is 380 g/mol. The van der Waals surface area contributed by atoms with Gasteiger partial charge in [-0.25, -0.2) is 0 Å². The number of benzene rings is 2. The maximum atomic E-state index is 12.5. The van der Waals surface area contributed by atoms with Gasteiger partial charge in [-0.2, -0.15) is 0 Å². The molecule has 0 bridgehead atoms. The molecule has 1 N–H and O–H groups in total. The largest absolute Gasteiger partial charge is 0.489 e. The lowest BCUT2D eigenvalue weighted by molar-refractivity contribution is -0.135. The van der Waals surface area contributed by atoms with Crippen LogP contribution >= 0.6 is 0 Å². The minimum atomic E-state index is -0.113. The van der Waals surface area contributed by atoms with E-state index in [2.05, 4.69) is 5.32 Å². The van der Waals surface area contributed by atoms with E-state index in [-0.39, 0.29) is 17.7 Å². The maximum absolute atomic E-state index is 12.5. The maximum Gasteiger partial charge on any atom is 0.225 e. The molecule has 5 heteroatoms. The molecule has 2 amide bonds. The second kappa shape index (κ2) is 9.93. The van der Waals surface area contributed by atoms with E-state index in [1.54, 1.807) is 0 Å². The Morgan fingerprint density at radius 2 is 1.82 bits per heavy atom. The highest BCUT2D eigenvalue weighted by Crippen LogP contribution is 2.18. The summed E-state index contributed by atoms with van der Waals surface area (Å²) < 4.78 is 5.79. The predicted octanol–water partition coefficient (Wildman–Crippen LogP) is 3.53. The van der Waals surface area contributed by atoms with Gasteiger partial charge in [0.2, 0.25) is 11.8 Å². The number of carbonyl (C=O) groups is 2. The van der Waals surface area contributed by atoms with E-state index in [4.69, 9.17) is 4.74 Å². The van der Waals surface area contributed by atoms with Crippen LogP contribution in [0.1, 0.15) is 37.3 Å². The van der Waals surface area contributed by atoms with Crippen LogP contribution in [0.15, 0.2) is 54.6 Å². The zero-order chi connectivity index (χ0) is 19.8. The molecular weight excluding hydrogens is 352 g/mol. The first-order valence-electron chi connectivity index (χ1n) is 9.97. The first-order chi connectivity index (χ1) is 13.7. The topological polar surface area (TPSA) is 58.6 Å². The second-order valence-corrected chi connectivity index (χ2v) is 7.17. The second-order valence-electron chi connectivity index (χ2n) is 7.17. The Morgan fingerprint density at radius 1 is 1.07 bits per heavy atom. The number of nitrogens with one attached hydrogen (secondary N) is 1. The molecule has 2 aromatic carbocycles. The molecule has 0 radical (unpaired) electrons. The molecular formula is C23H28N2O3. The quantitative estimate of drug-likeness (QED) is 0.799. The van der Waals surface area contributed by atoms with Crippen LogP contribution in [0.2, 0.25) is 0 Å². The van der Waals surface area contributed by atoms with Gasteiger partial charge in [0.05, 0.1) is 5.92 Å². The molecule has 0 saturated carbocycles. The van der Waals surface area contributed by atoms with E-state index < -0.39 is 0 Å². The number of hydrogen-bond donors (Lipinski definition) is 1. The fourth-order valence-corrected chi connectivity index (χ4v) is 3.42. The Morgan fingerprint density at radius 3 is 2.54 bits per heavy atom. The van der Waals surface area contributed by atoms with Crippen molar-refractivity contribution in [3.63, 3.8) is 0 Å². The number of amides is 2. The summed E-state index contributed by atoms with van der Waals surface area (Å²) in [6.45, 7) is 4.17. The van der Waals surface area contributed by atoms with E-state index in [1.165, 1.54) is 0 Å². The van der Waals surface area contributed by atoms with Crippen LogP contribution in [-0.4, -0.2) is 29.8 Å². The van der Waals surface area contributed by atoms with E-state index in [0.29, 0.717) is 26.1 Å². The molecule has 1 saturated heterocycles.